The highest BCUT2D eigenvalue weighted by molar-refractivity contribution is 5.77. The summed E-state index contributed by atoms with van der Waals surface area (Å²) in [5.74, 6) is 2.88. The van der Waals surface area contributed by atoms with E-state index in [1.54, 1.807) is 0 Å². The molecule has 2 unspecified atom stereocenters. The minimum Gasteiger partial charge on any atom is -0.378 e. The Bertz CT molecular complexity index is 534. The van der Waals surface area contributed by atoms with Gasteiger partial charge in [0.15, 0.2) is 0 Å². The second-order valence-corrected chi connectivity index (χ2v) is 10.1. The van der Waals surface area contributed by atoms with E-state index in [0.29, 0.717) is 28.9 Å². The summed E-state index contributed by atoms with van der Waals surface area (Å²) in [7, 11) is 2.06. The molecule has 1 saturated heterocycles. The van der Waals surface area contributed by atoms with Crippen molar-refractivity contribution < 1.29 is 9.53 Å². The number of hydrogen-bond acceptors (Lipinski definition) is 2. The lowest BCUT2D eigenvalue weighted by Crippen LogP contribution is -2.61. The summed E-state index contributed by atoms with van der Waals surface area (Å²) in [6, 6.07) is 0.480. The van der Waals surface area contributed by atoms with Gasteiger partial charge in [0.2, 0.25) is 5.91 Å². The molecular weight excluding hydrogens is 310 g/mol. The zero-order valence-corrected chi connectivity index (χ0v) is 16.7. The topological polar surface area (TPSA) is 29.5 Å². The van der Waals surface area contributed by atoms with Crippen LogP contribution in [0.2, 0.25) is 0 Å². The maximum Gasteiger partial charge on any atom is 0.222 e. The fraction of sp³-hybridized carbons (Fsp3) is 0.955. The molecule has 0 bridgehead atoms. The van der Waals surface area contributed by atoms with E-state index in [1.165, 1.54) is 38.5 Å². The predicted octanol–water partition coefficient (Wildman–Crippen LogP) is 4.65. The zero-order chi connectivity index (χ0) is 17.8. The van der Waals surface area contributed by atoms with Crippen LogP contribution in [-0.4, -0.2) is 36.6 Å². The van der Waals surface area contributed by atoms with Gasteiger partial charge in [0.05, 0.1) is 6.10 Å². The van der Waals surface area contributed by atoms with E-state index in [1.807, 2.05) is 0 Å². The summed E-state index contributed by atoms with van der Waals surface area (Å²) in [6.07, 6.45) is 11.3. The van der Waals surface area contributed by atoms with Gasteiger partial charge < -0.3 is 9.64 Å². The molecule has 3 nitrogen and oxygen atoms in total. The third kappa shape index (κ3) is 2.67. The molecule has 1 amide bonds. The first-order valence-corrected chi connectivity index (χ1v) is 10.8. The number of ether oxygens (including phenoxy) is 1. The van der Waals surface area contributed by atoms with E-state index in [0.717, 1.165) is 43.6 Å². The van der Waals surface area contributed by atoms with E-state index >= 15 is 0 Å². The van der Waals surface area contributed by atoms with Gasteiger partial charge in [-0.05, 0) is 80.0 Å². The van der Waals surface area contributed by atoms with Crippen LogP contribution in [0, 0.1) is 28.6 Å². The van der Waals surface area contributed by atoms with Gasteiger partial charge >= 0.3 is 0 Å². The van der Waals surface area contributed by atoms with Crippen molar-refractivity contribution in [3.05, 3.63) is 0 Å². The molecule has 0 aromatic carbocycles. The Hall–Kier alpha value is -0.570. The predicted molar refractivity (Wildman–Crippen MR) is 100 cm³/mol. The number of hydrogen-bond donors (Lipinski definition) is 0. The molecule has 1 heterocycles. The van der Waals surface area contributed by atoms with Crippen LogP contribution in [-0.2, 0) is 9.53 Å². The van der Waals surface area contributed by atoms with Crippen LogP contribution >= 0.6 is 0 Å². The van der Waals surface area contributed by atoms with Gasteiger partial charge in [0.25, 0.3) is 0 Å². The van der Waals surface area contributed by atoms with Crippen molar-refractivity contribution in [2.75, 3.05) is 13.7 Å². The van der Waals surface area contributed by atoms with Crippen molar-refractivity contribution in [1.82, 2.24) is 4.90 Å². The van der Waals surface area contributed by atoms with Crippen LogP contribution in [0.5, 0.6) is 0 Å². The number of carbonyl (C=O) groups is 1. The van der Waals surface area contributed by atoms with Crippen LogP contribution in [0.4, 0.5) is 0 Å². The van der Waals surface area contributed by atoms with Crippen molar-refractivity contribution >= 4 is 5.91 Å². The number of carbonyl (C=O) groups excluding carboxylic acids is 1. The van der Waals surface area contributed by atoms with Gasteiger partial charge in [-0.2, -0.15) is 0 Å². The number of fused-ring (bicyclic) bond motifs is 5. The Kier molecular flexibility index (Phi) is 4.46. The van der Waals surface area contributed by atoms with Crippen LogP contribution in [0.1, 0.15) is 78.6 Å². The summed E-state index contributed by atoms with van der Waals surface area (Å²) in [5, 5.41) is 0. The Morgan fingerprint density at radius 3 is 2.72 bits per heavy atom. The largest absolute Gasteiger partial charge is 0.378 e. The van der Waals surface area contributed by atoms with E-state index in [9.17, 15) is 4.79 Å². The number of likely N-dealkylation sites (tertiary alicyclic amines) is 1. The van der Waals surface area contributed by atoms with E-state index in [2.05, 4.69) is 32.7 Å². The van der Waals surface area contributed by atoms with Crippen LogP contribution in [0.15, 0.2) is 0 Å². The molecule has 3 aliphatic carbocycles. The number of rotatable bonds is 3. The molecule has 3 saturated carbocycles. The molecule has 25 heavy (non-hydrogen) atoms. The highest BCUT2D eigenvalue weighted by Gasteiger charge is 2.60. The molecule has 4 rings (SSSR count). The van der Waals surface area contributed by atoms with Gasteiger partial charge in [-0.1, -0.05) is 20.8 Å². The molecule has 0 aromatic rings. The molecule has 3 heteroatoms. The highest BCUT2D eigenvalue weighted by Crippen LogP contribution is 2.64. The zero-order valence-electron chi connectivity index (χ0n) is 16.7. The second kappa shape index (κ2) is 6.25. The summed E-state index contributed by atoms with van der Waals surface area (Å²) in [4.78, 5) is 14.3. The van der Waals surface area contributed by atoms with E-state index in [4.69, 9.17) is 4.74 Å². The van der Waals surface area contributed by atoms with E-state index in [-0.39, 0.29) is 0 Å². The number of nitrogens with zero attached hydrogens (tertiary/aromatic N) is 1. The third-order valence-electron chi connectivity index (χ3n) is 8.84. The minimum absolute atomic E-state index is 0.343. The summed E-state index contributed by atoms with van der Waals surface area (Å²) in [6.45, 7) is 8.20. The van der Waals surface area contributed by atoms with Gasteiger partial charge in [-0.25, -0.2) is 0 Å². The fourth-order valence-electron chi connectivity index (χ4n) is 7.56. The maximum absolute atomic E-state index is 12.2. The minimum atomic E-state index is 0.343. The van der Waals surface area contributed by atoms with Crippen molar-refractivity contribution in [3.63, 3.8) is 0 Å². The first-order chi connectivity index (χ1) is 11.9. The van der Waals surface area contributed by atoms with Crippen LogP contribution in [0.25, 0.3) is 0 Å². The molecule has 142 valence electrons. The lowest BCUT2D eigenvalue weighted by atomic mass is 9.47. The van der Waals surface area contributed by atoms with Crippen molar-refractivity contribution in [1.29, 1.82) is 0 Å². The third-order valence-corrected chi connectivity index (χ3v) is 8.84. The average molecular weight is 348 g/mol. The number of piperidine rings is 1. The monoisotopic (exact) mass is 347 g/mol. The normalized spacial score (nSPS) is 49.5. The summed E-state index contributed by atoms with van der Waals surface area (Å²) < 4.78 is 6.20. The first kappa shape index (κ1) is 17.8. The molecule has 0 radical (unpaired) electrons. The molecule has 0 spiro atoms. The molecule has 4 aliphatic rings. The van der Waals surface area contributed by atoms with E-state index < -0.39 is 0 Å². The lowest BCUT2D eigenvalue weighted by Gasteiger charge is -2.61. The molecular formula is C22H37NO2. The molecule has 0 N–H and O–H groups in total. The fourth-order valence-corrected chi connectivity index (χ4v) is 7.56. The molecule has 1 aliphatic heterocycles. The smallest absolute Gasteiger partial charge is 0.222 e. The molecule has 0 aromatic heterocycles. The second-order valence-electron chi connectivity index (χ2n) is 10.1. The van der Waals surface area contributed by atoms with Crippen LogP contribution in [0.3, 0.4) is 0 Å². The van der Waals surface area contributed by atoms with Gasteiger partial charge in [0, 0.05) is 26.1 Å². The van der Waals surface area contributed by atoms with Crippen molar-refractivity contribution in [2.24, 2.45) is 28.6 Å². The van der Waals surface area contributed by atoms with Crippen molar-refractivity contribution in [2.45, 2.75) is 90.7 Å². The Morgan fingerprint density at radius 2 is 1.96 bits per heavy atom. The van der Waals surface area contributed by atoms with Gasteiger partial charge in [-0.15, -0.1) is 0 Å². The number of amides is 1. The van der Waals surface area contributed by atoms with Gasteiger partial charge in [0.1, 0.15) is 0 Å². The Labute approximate surface area is 153 Å². The first-order valence-electron chi connectivity index (χ1n) is 10.8. The Balaban J connectivity index is 1.55. The Morgan fingerprint density at radius 1 is 1.16 bits per heavy atom. The average Bonchev–Trinajstić information content (AvgIpc) is 2.93. The maximum atomic E-state index is 12.2. The summed E-state index contributed by atoms with van der Waals surface area (Å²) >= 11 is 0. The van der Waals surface area contributed by atoms with Gasteiger partial charge in [-0.3, -0.25) is 4.79 Å². The summed E-state index contributed by atoms with van der Waals surface area (Å²) in [5.41, 5.74) is 0.842. The molecule has 7 atom stereocenters. The quantitative estimate of drug-likeness (QED) is 0.744. The standard InChI is InChI=1S/C22H37NO2/c1-5-12-25-15-13-18-16-6-7-19-22(3,11-9-20(24)23(19)4)17(16)8-10-21(18,2)14-15/h15-19H,5-14H2,1-4H3/t15?,16-,17-,18+,19?,21-,22-/m1/s1. The highest BCUT2D eigenvalue weighted by atomic mass is 16.5. The SMILES string of the molecule is CCCOC1C[C@H]2[C@@H]3CCC4N(C)C(=O)CC[C@]4(C)[C@@H]3CC[C@]2(C)C1. The lowest BCUT2D eigenvalue weighted by molar-refractivity contribution is -0.156. The van der Waals surface area contributed by atoms with Crippen LogP contribution < -0.4 is 0 Å². The molecule has 4 fully saturated rings. The van der Waals surface area contributed by atoms with Crippen molar-refractivity contribution in [3.8, 4) is 0 Å².